The van der Waals surface area contributed by atoms with Crippen LogP contribution in [0, 0.1) is 19.8 Å². The van der Waals surface area contributed by atoms with Crippen molar-refractivity contribution in [1.82, 2.24) is 10.3 Å². The number of hydrogen-bond donors (Lipinski definition) is 1. The summed E-state index contributed by atoms with van der Waals surface area (Å²) < 4.78 is 5.44. The van der Waals surface area contributed by atoms with Crippen LogP contribution in [0.1, 0.15) is 28.0 Å². The van der Waals surface area contributed by atoms with E-state index >= 15 is 0 Å². The lowest BCUT2D eigenvalue weighted by atomic mass is 10.00. The molecular weight excluding hydrogens is 208 g/mol. The largest absolute Gasteiger partial charge is 0.381 e. The second-order valence-electron chi connectivity index (χ2n) is 4.08. The summed E-state index contributed by atoms with van der Waals surface area (Å²) in [6.45, 7) is 5.97. The monoisotopic (exact) mass is 226 g/mol. The fourth-order valence-electron chi connectivity index (χ4n) is 2.01. The fourth-order valence-corrected chi connectivity index (χ4v) is 3.13. The fraction of sp³-hybridized carbons (Fsp3) is 0.727. The smallest absolute Gasteiger partial charge is 0.110 e. The number of thiazole rings is 1. The minimum absolute atomic E-state index is 0.366. The first kappa shape index (κ1) is 11.0. The molecule has 0 bridgehead atoms. The zero-order valence-corrected chi connectivity index (χ0v) is 10.4. The standard InChI is InChI=1S/C11H18N2OS/c1-7-8(2)15-11(13-7)10(12-3)9-4-5-14-6-9/h9-10,12H,4-6H2,1-3H3. The van der Waals surface area contributed by atoms with E-state index in [1.165, 1.54) is 9.88 Å². The average Bonchev–Trinajstić information content (AvgIpc) is 2.80. The van der Waals surface area contributed by atoms with E-state index in [2.05, 4.69) is 24.1 Å². The second kappa shape index (κ2) is 4.60. The van der Waals surface area contributed by atoms with Gasteiger partial charge in [0.15, 0.2) is 0 Å². The van der Waals surface area contributed by atoms with E-state index in [1.807, 2.05) is 7.05 Å². The zero-order valence-electron chi connectivity index (χ0n) is 9.54. The van der Waals surface area contributed by atoms with Gasteiger partial charge in [0, 0.05) is 17.4 Å². The second-order valence-corrected chi connectivity index (χ2v) is 5.32. The van der Waals surface area contributed by atoms with Crippen LogP contribution < -0.4 is 5.32 Å². The molecule has 4 heteroatoms. The van der Waals surface area contributed by atoms with Gasteiger partial charge in [-0.3, -0.25) is 0 Å². The van der Waals surface area contributed by atoms with Crippen LogP contribution in [0.3, 0.4) is 0 Å². The van der Waals surface area contributed by atoms with Crippen LogP contribution in [0.4, 0.5) is 0 Å². The van der Waals surface area contributed by atoms with Crippen LogP contribution in [-0.4, -0.2) is 25.2 Å². The van der Waals surface area contributed by atoms with E-state index in [-0.39, 0.29) is 0 Å². The van der Waals surface area contributed by atoms with Gasteiger partial charge in [0.05, 0.1) is 18.3 Å². The van der Waals surface area contributed by atoms with E-state index in [0.29, 0.717) is 12.0 Å². The SMILES string of the molecule is CNC(c1nc(C)c(C)s1)C1CCOC1. The average molecular weight is 226 g/mol. The van der Waals surface area contributed by atoms with Crippen LogP contribution in [0.5, 0.6) is 0 Å². The quantitative estimate of drug-likeness (QED) is 0.856. The molecular formula is C11H18N2OS. The van der Waals surface area contributed by atoms with Crippen LogP contribution >= 0.6 is 11.3 Å². The third-order valence-electron chi connectivity index (χ3n) is 3.06. The van der Waals surface area contributed by atoms with Crippen molar-refractivity contribution in [1.29, 1.82) is 0 Å². The number of nitrogens with zero attached hydrogens (tertiary/aromatic N) is 1. The van der Waals surface area contributed by atoms with Crippen molar-refractivity contribution in [2.24, 2.45) is 5.92 Å². The molecule has 1 saturated heterocycles. The van der Waals surface area contributed by atoms with Crippen LogP contribution in [0.2, 0.25) is 0 Å². The maximum absolute atomic E-state index is 5.44. The van der Waals surface area contributed by atoms with Gasteiger partial charge < -0.3 is 10.1 Å². The minimum Gasteiger partial charge on any atom is -0.381 e. The first-order valence-corrected chi connectivity index (χ1v) is 6.23. The highest BCUT2D eigenvalue weighted by Gasteiger charge is 2.28. The molecule has 0 aromatic carbocycles. The Morgan fingerprint density at radius 3 is 2.80 bits per heavy atom. The molecule has 3 nitrogen and oxygen atoms in total. The lowest BCUT2D eigenvalue weighted by Gasteiger charge is -2.19. The molecule has 0 spiro atoms. The van der Waals surface area contributed by atoms with E-state index in [9.17, 15) is 0 Å². The highest BCUT2D eigenvalue weighted by atomic mass is 32.1. The van der Waals surface area contributed by atoms with Crippen molar-refractivity contribution in [3.63, 3.8) is 0 Å². The number of aromatic nitrogens is 1. The molecule has 1 aliphatic rings. The maximum atomic E-state index is 5.44. The molecule has 2 rings (SSSR count). The van der Waals surface area contributed by atoms with Crippen molar-refractivity contribution in [3.8, 4) is 0 Å². The van der Waals surface area contributed by atoms with Gasteiger partial charge >= 0.3 is 0 Å². The minimum atomic E-state index is 0.366. The first-order valence-electron chi connectivity index (χ1n) is 5.41. The molecule has 2 heterocycles. The van der Waals surface area contributed by atoms with E-state index in [1.54, 1.807) is 11.3 Å². The van der Waals surface area contributed by atoms with Crippen LogP contribution in [-0.2, 0) is 4.74 Å². The first-order chi connectivity index (χ1) is 7.22. The van der Waals surface area contributed by atoms with Gasteiger partial charge in [-0.15, -0.1) is 11.3 Å². The van der Waals surface area contributed by atoms with Crippen molar-refractivity contribution in [3.05, 3.63) is 15.6 Å². The van der Waals surface area contributed by atoms with Crippen LogP contribution in [0.15, 0.2) is 0 Å². The summed E-state index contributed by atoms with van der Waals surface area (Å²) in [6.07, 6.45) is 1.14. The molecule has 1 aromatic rings. The lowest BCUT2D eigenvalue weighted by Crippen LogP contribution is -2.25. The Balaban J connectivity index is 2.18. The van der Waals surface area contributed by atoms with Gasteiger partial charge in [-0.05, 0) is 27.3 Å². The summed E-state index contributed by atoms with van der Waals surface area (Å²) in [5, 5.41) is 4.58. The molecule has 84 valence electrons. The molecule has 0 saturated carbocycles. The van der Waals surface area contributed by atoms with Crippen molar-refractivity contribution in [2.45, 2.75) is 26.3 Å². The number of hydrogen-bond acceptors (Lipinski definition) is 4. The summed E-state index contributed by atoms with van der Waals surface area (Å²) in [7, 11) is 2.01. The Morgan fingerprint density at radius 1 is 1.53 bits per heavy atom. The van der Waals surface area contributed by atoms with Crippen LogP contribution in [0.25, 0.3) is 0 Å². The molecule has 1 fully saturated rings. The Labute approximate surface area is 94.9 Å². The van der Waals surface area contributed by atoms with Gasteiger partial charge in [-0.25, -0.2) is 4.98 Å². The molecule has 1 aromatic heterocycles. The Hall–Kier alpha value is -0.450. The van der Waals surface area contributed by atoms with Gasteiger partial charge in [0.1, 0.15) is 5.01 Å². The van der Waals surface area contributed by atoms with Crippen molar-refractivity contribution in [2.75, 3.05) is 20.3 Å². The summed E-state index contributed by atoms with van der Waals surface area (Å²) in [5.74, 6) is 0.583. The zero-order chi connectivity index (χ0) is 10.8. The number of aryl methyl sites for hydroxylation is 2. The maximum Gasteiger partial charge on any atom is 0.110 e. The lowest BCUT2D eigenvalue weighted by molar-refractivity contribution is 0.177. The Morgan fingerprint density at radius 2 is 2.33 bits per heavy atom. The summed E-state index contributed by atoms with van der Waals surface area (Å²) in [6, 6.07) is 0.366. The van der Waals surface area contributed by atoms with E-state index < -0.39 is 0 Å². The highest BCUT2D eigenvalue weighted by Crippen LogP contribution is 2.31. The normalized spacial score (nSPS) is 23.3. The molecule has 15 heavy (non-hydrogen) atoms. The molecule has 1 N–H and O–H groups in total. The predicted molar refractivity (Wildman–Crippen MR) is 62.3 cm³/mol. The molecule has 0 amide bonds. The summed E-state index contributed by atoms with van der Waals surface area (Å²) >= 11 is 1.80. The molecule has 0 radical (unpaired) electrons. The highest BCUT2D eigenvalue weighted by molar-refractivity contribution is 7.11. The van der Waals surface area contributed by atoms with Gasteiger partial charge in [-0.1, -0.05) is 0 Å². The predicted octanol–water partition coefficient (Wildman–Crippen LogP) is 2.06. The number of rotatable bonds is 3. The van der Waals surface area contributed by atoms with Gasteiger partial charge in [0.25, 0.3) is 0 Å². The number of ether oxygens (including phenoxy) is 1. The molecule has 0 aliphatic carbocycles. The molecule has 2 atom stereocenters. The van der Waals surface area contributed by atoms with Crippen molar-refractivity contribution >= 4 is 11.3 Å². The third-order valence-corrected chi connectivity index (χ3v) is 4.21. The summed E-state index contributed by atoms with van der Waals surface area (Å²) in [5.41, 5.74) is 1.16. The van der Waals surface area contributed by atoms with Gasteiger partial charge in [0.2, 0.25) is 0 Å². The third kappa shape index (κ3) is 2.22. The molecule has 2 unspecified atom stereocenters. The summed E-state index contributed by atoms with van der Waals surface area (Å²) in [4.78, 5) is 5.95. The Bertz CT molecular complexity index is 312. The van der Waals surface area contributed by atoms with E-state index in [4.69, 9.17) is 4.74 Å². The Kier molecular flexibility index (Phi) is 3.38. The van der Waals surface area contributed by atoms with Crippen molar-refractivity contribution < 1.29 is 4.74 Å². The van der Waals surface area contributed by atoms with E-state index in [0.717, 1.165) is 25.3 Å². The molecule has 1 aliphatic heterocycles. The van der Waals surface area contributed by atoms with Gasteiger partial charge in [-0.2, -0.15) is 0 Å². The topological polar surface area (TPSA) is 34.2 Å². The number of nitrogens with one attached hydrogen (secondary N) is 1.